The molecule has 3 aliphatic heterocycles. The molecule has 0 spiro atoms. The monoisotopic (exact) mass is 1900 g/mol. The second-order valence-electron chi connectivity index (χ2n) is 36.4. The van der Waals surface area contributed by atoms with Crippen molar-refractivity contribution in [1.82, 2.24) is 4.98 Å². The van der Waals surface area contributed by atoms with E-state index in [1.54, 1.807) is 13.3 Å². The predicted octanol–water partition coefficient (Wildman–Crippen LogP) is 27.0. The molecule has 18 nitrogen and oxygen atoms in total. The molecule has 2 bridgehead atoms. The number of quaternary nitrogens is 1. The van der Waals surface area contributed by atoms with E-state index in [0.29, 0.717) is 156 Å². The van der Waals surface area contributed by atoms with E-state index in [9.17, 15) is 5.11 Å². The molecule has 0 saturated carbocycles. The van der Waals surface area contributed by atoms with Crippen molar-refractivity contribution in [1.29, 1.82) is 0 Å². The summed E-state index contributed by atoms with van der Waals surface area (Å²) >= 11 is 0. The number of aromatic nitrogens is 1. The van der Waals surface area contributed by atoms with Gasteiger partial charge in [-0.15, -0.1) is 6.58 Å². The number of methoxy groups -OCH3 is 1. The van der Waals surface area contributed by atoms with E-state index in [2.05, 4.69) is 24.8 Å². The number of benzene rings is 16. The maximum absolute atomic E-state index is 13.3. The fourth-order valence-corrected chi connectivity index (χ4v) is 18.6. The number of rotatable bonds is 48. The largest absolute Gasteiger partial charge is 0.497 e. The molecular formula is C125H115N2O16+. The van der Waals surface area contributed by atoms with Gasteiger partial charge in [-0.05, 0) is 199 Å². The number of aliphatic hydroxyl groups is 1. The zero-order valence-corrected chi connectivity index (χ0v) is 80.1. The van der Waals surface area contributed by atoms with Crippen LogP contribution in [0.3, 0.4) is 0 Å². The second-order valence-corrected chi connectivity index (χ2v) is 36.4. The van der Waals surface area contributed by atoms with Gasteiger partial charge < -0.3 is 80.6 Å². The number of pyridine rings is 1. The first-order valence-electron chi connectivity index (χ1n) is 48.6. The highest BCUT2D eigenvalue weighted by Crippen LogP contribution is 2.49. The number of aliphatic hydroxyl groups excluding tert-OH is 1. The molecule has 5 atom stereocenters. The molecule has 0 aliphatic carbocycles. The lowest BCUT2D eigenvalue weighted by molar-refractivity contribution is -0.984. The van der Waals surface area contributed by atoms with Crippen LogP contribution in [0.25, 0.3) is 10.9 Å². The van der Waals surface area contributed by atoms with Crippen LogP contribution in [-0.4, -0.2) is 40.8 Å². The Morgan fingerprint density at radius 1 is 0.280 bits per heavy atom. The lowest BCUT2D eigenvalue weighted by Crippen LogP contribution is -2.67. The average Bonchev–Trinajstić information content (AvgIpc) is 0.730. The Labute approximate surface area is 835 Å². The van der Waals surface area contributed by atoms with Gasteiger partial charge in [0.15, 0.2) is 0 Å². The van der Waals surface area contributed by atoms with Gasteiger partial charge in [0, 0.05) is 78.4 Å². The minimum Gasteiger partial charge on any atom is -0.497 e. The van der Waals surface area contributed by atoms with E-state index < -0.39 is 6.10 Å². The molecule has 0 amide bonds. The van der Waals surface area contributed by atoms with E-state index >= 15 is 0 Å². The molecular weight excluding hydrogens is 1790 g/mol. The Kier molecular flexibility index (Phi) is 31.7. The fraction of sp³-hybridized carbons (Fsp3) is 0.192. The Hall–Kier alpha value is -16.4. The summed E-state index contributed by atoms with van der Waals surface area (Å²) in [5.74, 6) is 9.38. The number of hydrogen-bond donors (Lipinski definition) is 1. The topological polar surface area (TPSA) is 172 Å². The number of fused-ring (bicyclic) bond motifs is 4. The molecule has 3 fully saturated rings. The van der Waals surface area contributed by atoms with E-state index in [-0.39, 0.29) is 51.6 Å². The van der Waals surface area contributed by atoms with Crippen molar-refractivity contribution in [2.45, 2.75) is 124 Å². The fourth-order valence-electron chi connectivity index (χ4n) is 18.6. The minimum absolute atomic E-state index is 0.0582. The summed E-state index contributed by atoms with van der Waals surface area (Å²) in [6.07, 6.45) is 4.78. The molecule has 0 radical (unpaired) electrons. The Morgan fingerprint density at radius 2 is 0.510 bits per heavy atom. The van der Waals surface area contributed by atoms with E-state index in [1.807, 2.05) is 382 Å². The summed E-state index contributed by atoms with van der Waals surface area (Å²) in [5.41, 5.74) is 15.5. The molecule has 1 aromatic heterocycles. The number of ether oxygens (including phenoxy) is 15. The zero-order chi connectivity index (χ0) is 97.0. The van der Waals surface area contributed by atoms with Gasteiger partial charge in [0.2, 0.25) is 0 Å². The average molecular weight is 1900 g/mol. The van der Waals surface area contributed by atoms with Gasteiger partial charge in [-0.1, -0.05) is 249 Å². The molecule has 16 aromatic carbocycles. The second kappa shape index (κ2) is 47.5. The third-order valence-corrected chi connectivity index (χ3v) is 25.8. The molecule has 4 heterocycles. The first-order valence-corrected chi connectivity index (χ1v) is 48.6. The van der Waals surface area contributed by atoms with Gasteiger partial charge in [0.1, 0.15) is 197 Å². The van der Waals surface area contributed by atoms with Gasteiger partial charge in [-0.25, -0.2) is 0 Å². The van der Waals surface area contributed by atoms with Gasteiger partial charge in [0.25, 0.3) is 0 Å². The highest BCUT2D eigenvalue weighted by atomic mass is 16.5. The molecule has 143 heavy (non-hydrogen) atoms. The van der Waals surface area contributed by atoms with Crippen molar-refractivity contribution in [3.05, 3.63) is 502 Å². The third-order valence-electron chi connectivity index (χ3n) is 25.8. The maximum atomic E-state index is 13.3. The molecule has 0 unspecified atom stereocenters. The van der Waals surface area contributed by atoms with Crippen molar-refractivity contribution in [2.75, 3.05) is 20.2 Å². The van der Waals surface area contributed by atoms with E-state index in [4.69, 9.17) is 76.0 Å². The smallest absolute Gasteiger partial charge is 0.131 e. The normalized spacial score (nSPS) is 14.8. The molecule has 720 valence electrons. The van der Waals surface area contributed by atoms with E-state index in [0.717, 1.165) is 126 Å². The van der Waals surface area contributed by atoms with Crippen LogP contribution in [0, 0.1) is 11.8 Å². The Bertz CT molecular complexity index is 6110. The first kappa shape index (κ1) is 95.5. The number of nitrogens with zero attached hydrogens (tertiary/aromatic N) is 2. The van der Waals surface area contributed by atoms with E-state index in [1.165, 1.54) is 0 Å². The summed E-state index contributed by atoms with van der Waals surface area (Å²) in [4.78, 5) is 4.77. The van der Waals surface area contributed by atoms with Crippen molar-refractivity contribution >= 4 is 10.9 Å². The molecule has 3 saturated heterocycles. The summed E-state index contributed by atoms with van der Waals surface area (Å²) < 4.78 is 101. The lowest BCUT2D eigenvalue weighted by Gasteiger charge is -2.58. The van der Waals surface area contributed by atoms with Gasteiger partial charge >= 0.3 is 0 Å². The van der Waals surface area contributed by atoms with Crippen LogP contribution in [0.15, 0.2) is 413 Å². The summed E-state index contributed by atoms with van der Waals surface area (Å²) in [6, 6.07) is 130. The Morgan fingerprint density at radius 3 is 0.741 bits per heavy atom. The molecule has 18 heteroatoms. The summed E-state index contributed by atoms with van der Waals surface area (Å²) in [5, 5.41) is 14.1. The van der Waals surface area contributed by atoms with Gasteiger partial charge in [-0.3, -0.25) is 4.98 Å². The summed E-state index contributed by atoms with van der Waals surface area (Å²) in [7, 11) is 1.66. The molecule has 17 aromatic rings. The van der Waals surface area contributed by atoms with Crippen LogP contribution in [0.2, 0.25) is 0 Å². The van der Waals surface area contributed by atoms with Crippen LogP contribution in [0.5, 0.6) is 86.2 Å². The number of piperidine rings is 3. The Balaban J connectivity index is 0.669. The maximum Gasteiger partial charge on any atom is 0.131 e. The predicted molar refractivity (Wildman–Crippen MR) is 554 cm³/mol. The molecule has 1 N–H and O–H groups in total. The van der Waals surface area contributed by atoms with Gasteiger partial charge in [-0.2, -0.15) is 0 Å². The zero-order valence-electron chi connectivity index (χ0n) is 80.1. The van der Waals surface area contributed by atoms with Crippen LogP contribution in [0.1, 0.15) is 108 Å². The van der Waals surface area contributed by atoms with Crippen molar-refractivity contribution in [2.24, 2.45) is 11.8 Å². The number of hydrogen-bond acceptors (Lipinski definition) is 17. The quantitative estimate of drug-likeness (QED) is 0.0282. The van der Waals surface area contributed by atoms with Crippen molar-refractivity contribution in [3.63, 3.8) is 0 Å². The first-order chi connectivity index (χ1) is 70.4. The van der Waals surface area contributed by atoms with Crippen molar-refractivity contribution < 1.29 is 80.6 Å². The third kappa shape index (κ3) is 27.0. The minimum atomic E-state index is -0.870. The molecule has 20 rings (SSSR count). The van der Waals surface area contributed by atoms with Crippen LogP contribution in [0.4, 0.5) is 0 Å². The lowest BCUT2D eigenvalue weighted by atomic mass is 9.71. The van der Waals surface area contributed by atoms with Crippen LogP contribution >= 0.6 is 0 Å². The van der Waals surface area contributed by atoms with Crippen molar-refractivity contribution in [3.8, 4) is 86.2 Å². The highest BCUT2D eigenvalue weighted by molar-refractivity contribution is 5.84. The van der Waals surface area contributed by atoms with Crippen LogP contribution < -0.4 is 71.1 Å². The SMILES string of the molecule is C=C[C@H]1C[N@@+]2(Cc3cc(OCc4cc(OCc5cc(OCc6ccccc6)cc(OCc6ccccc6)c5)cc(OCc5cc(OCc6ccccc6)cc(OCc6ccccc6)c5)c4)cc(OCc4cc(OCc5cc(OCc6ccccc6)cc(OCc6ccccc6)c5)cc(OCc5cc(OCc6ccccc6)cc(OCc6ccccc6)c5)c4)c3)CC[C@@H]1C[C@H]2[C@H](O)c1ccnc2ccc(OC)cc12. The highest BCUT2D eigenvalue weighted by Gasteiger charge is 2.54. The molecule has 3 aliphatic rings. The standard InChI is InChI=1S/C125H115N2O16/c1-3-104-74-127(49-47-105(104)64-124(127)125(128)121-46-48-126-123-45-44-106(129-2)72-122(121)123)73-97-50-107(138-83-102-60-117(140-85-98-52-109(130-75-89-28-12-4-13-29-89)66-110(53-98)131-76-90-30-14-5-15-31-90)70-118(61-102)141-86-99-54-111(132-77-91-32-16-6-17-33-91)67-112(55-99)133-78-92-34-18-7-19-35-92)65-108(51-97)139-84-103-62-119(142-87-100-56-113(134-79-93-36-20-8-21-37-93)68-114(57-100)135-80-94-38-22-9-23-39-94)71-120(63-103)143-88-101-58-115(136-81-95-40-24-10-25-41-95)69-116(59-101)137-82-96-42-26-11-27-43-96/h3-46,48,50-63,65-72,104-105,124-125,128H,1,47,49,64,73-88H2,2H3/q+1/t104-,105+,124-,125+,127-/m0/s1. The summed E-state index contributed by atoms with van der Waals surface area (Å²) in [6.45, 7) is 9.97. The van der Waals surface area contributed by atoms with Crippen LogP contribution in [-0.2, 0) is 99.0 Å². The van der Waals surface area contributed by atoms with Gasteiger partial charge in [0.05, 0.1) is 25.7 Å².